The number of nitrogens with zero attached hydrogens (tertiary/aromatic N) is 2. The van der Waals surface area contributed by atoms with Gasteiger partial charge in [0.25, 0.3) is 31.6 Å². The number of rotatable bonds is 7. The van der Waals surface area contributed by atoms with E-state index in [-0.39, 0.29) is 9.79 Å². The van der Waals surface area contributed by atoms with E-state index in [1.54, 1.807) is 0 Å². The van der Waals surface area contributed by atoms with E-state index in [0.717, 1.165) is 24.3 Å². The van der Waals surface area contributed by atoms with Gasteiger partial charge in [-0.3, -0.25) is 29.3 Å². The largest absolute Gasteiger partial charge is 0.295 e. The zero-order chi connectivity index (χ0) is 21.3. The van der Waals surface area contributed by atoms with E-state index < -0.39 is 51.2 Å². The Labute approximate surface area is 165 Å². The van der Waals surface area contributed by atoms with Gasteiger partial charge >= 0.3 is 0 Å². The molecule has 0 saturated heterocycles. The molecular weight excluding hydrogens is 460 g/mol. The van der Waals surface area contributed by atoms with Gasteiger partial charge in [-0.25, -0.2) is 0 Å². The average molecular weight is 468 g/mol. The number of nitro groups is 2. The molecule has 0 saturated carbocycles. The molecular formula is C12H8N2O10S4. The first-order valence-corrected chi connectivity index (χ1v) is 11.7. The van der Waals surface area contributed by atoms with Crippen LogP contribution in [0.5, 0.6) is 0 Å². The third kappa shape index (κ3) is 5.18. The molecule has 0 aliphatic heterocycles. The zero-order valence-corrected chi connectivity index (χ0v) is 16.4. The first-order valence-electron chi connectivity index (χ1n) is 6.67. The molecule has 0 spiro atoms. The molecule has 0 aromatic heterocycles. The Hall–Kier alpha value is -2.24. The van der Waals surface area contributed by atoms with E-state index in [9.17, 15) is 46.2 Å². The molecule has 2 aromatic carbocycles. The summed E-state index contributed by atoms with van der Waals surface area (Å²) in [5.41, 5.74) is -1.20. The minimum absolute atomic E-state index is 0.169. The zero-order valence-electron chi connectivity index (χ0n) is 13.2. The van der Waals surface area contributed by atoms with Gasteiger partial charge in [-0.2, -0.15) is 16.8 Å². The standard InChI is InChI=1S/C12H8N2O10S4/c15-13(16)7-1-3-9(11(5-7)27(19,20)21)25-26-10-4-2-8(14(17)18)6-12(10)28(22,23)24/h1-6H,(H,19,20,21)(H,22,23,24). The van der Waals surface area contributed by atoms with Crippen molar-refractivity contribution in [1.29, 1.82) is 0 Å². The molecule has 0 bridgehead atoms. The minimum Gasteiger partial charge on any atom is -0.282 e. The first-order chi connectivity index (χ1) is 12.8. The maximum absolute atomic E-state index is 11.5. The molecule has 0 amide bonds. The molecule has 0 aliphatic carbocycles. The van der Waals surface area contributed by atoms with E-state index in [1.165, 1.54) is 0 Å². The second kappa shape index (κ2) is 8.02. The molecule has 150 valence electrons. The summed E-state index contributed by atoms with van der Waals surface area (Å²) in [5, 5.41) is 21.6. The van der Waals surface area contributed by atoms with Gasteiger partial charge in [-0.05, 0) is 12.1 Å². The smallest absolute Gasteiger partial charge is 0.282 e. The lowest BCUT2D eigenvalue weighted by molar-refractivity contribution is -0.385. The summed E-state index contributed by atoms with van der Waals surface area (Å²) in [7, 11) is -8.49. The lowest BCUT2D eigenvalue weighted by Crippen LogP contribution is -2.02. The van der Waals surface area contributed by atoms with Crippen LogP contribution < -0.4 is 0 Å². The van der Waals surface area contributed by atoms with Gasteiger partial charge in [-0.15, -0.1) is 0 Å². The highest BCUT2D eigenvalue weighted by atomic mass is 33.1. The molecule has 0 aliphatic rings. The highest BCUT2D eigenvalue weighted by Gasteiger charge is 2.24. The maximum Gasteiger partial charge on any atom is 0.295 e. The van der Waals surface area contributed by atoms with Crippen LogP contribution in [0, 0.1) is 20.2 Å². The lowest BCUT2D eigenvalue weighted by Gasteiger charge is -2.08. The van der Waals surface area contributed by atoms with Crippen molar-refractivity contribution in [2.45, 2.75) is 19.6 Å². The second-order valence-corrected chi connectivity index (χ2v) is 9.89. The Morgan fingerprint density at radius 2 is 1.04 bits per heavy atom. The molecule has 0 atom stereocenters. The van der Waals surface area contributed by atoms with Crippen molar-refractivity contribution in [3.05, 3.63) is 56.6 Å². The van der Waals surface area contributed by atoms with E-state index in [4.69, 9.17) is 0 Å². The molecule has 0 fully saturated rings. The summed E-state index contributed by atoms with van der Waals surface area (Å²) in [6, 6.07) is 5.23. The predicted octanol–water partition coefficient (Wildman–Crippen LogP) is 2.80. The van der Waals surface area contributed by atoms with Gasteiger partial charge in [-0.1, -0.05) is 21.6 Å². The fourth-order valence-corrected chi connectivity index (χ4v) is 6.35. The second-order valence-electron chi connectivity index (χ2n) is 4.89. The Kier molecular flexibility index (Phi) is 6.31. The monoisotopic (exact) mass is 468 g/mol. The molecule has 2 rings (SSSR count). The van der Waals surface area contributed by atoms with Crippen molar-refractivity contribution in [1.82, 2.24) is 0 Å². The SMILES string of the molecule is O=[N+]([O-])c1ccc(SSc2ccc([N+](=O)[O-])cc2S(=O)(=O)O)c(S(=O)(=O)O)c1. The number of non-ortho nitro benzene ring substituents is 2. The summed E-state index contributed by atoms with van der Waals surface area (Å²) in [6.45, 7) is 0. The van der Waals surface area contributed by atoms with Crippen molar-refractivity contribution in [2.24, 2.45) is 0 Å². The van der Waals surface area contributed by atoms with Gasteiger partial charge in [0.1, 0.15) is 9.79 Å². The van der Waals surface area contributed by atoms with Gasteiger partial charge in [0, 0.05) is 34.1 Å². The van der Waals surface area contributed by atoms with Crippen LogP contribution in [-0.2, 0) is 20.2 Å². The summed E-state index contributed by atoms with van der Waals surface area (Å²) in [4.78, 5) is 17.9. The Bertz CT molecular complexity index is 1080. The normalized spacial score (nSPS) is 11.9. The Morgan fingerprint density at radius 1 is 0.714 bits per heavy atom. The molecule has 2 N–H and O–H groups in total. The van der Waals surface area contributed by atoms with E-state index >= 15 is 0 Å². The fraction of sp³-hybridized carbons (Fsp3) is 0. The van der Waals surface area contributed by atoms with Gasteiger partial charge in [0.2, 0.25) is 0 Å². The summed E-state index contributed by atoms with van der Waals surface area (Å²) in [5.74, 6) is 0. The summed E-state index contributed by atoms with van der Waals surface area (Å²) >= 11 is 0. The van der Waals surface area contributed by atoms with Crippen molar-refractivity contribution in [3.63, 3.8) is 0 Å². The molecule has 16 heteroatoms. The summed E-state index contributed by atoms with van der Waals surface area (Å²) < 4.78 is 64.5. The number of hydrogen-bond acceptors (Lipinski definition) is 10. The van der Waals surface area contributed by atoms with E-state index in [0.29, 0.717) is 33.7 Å². The van der Waals surface area contributed by atoms with Crippen molar-refractivity contribution in [3.8, 4) is 0 Å². The molecule has 2 aromatic rings. The van der Waals surface area contributed by atoms with Crippen LogP contribution >= 0.6 is 21.6 Å². The van der Waals surface area contributed by atoms with Crippen LogP contribution in [-0.4, -0.2) is 35.8 Å². The molecule has 12 nitrogen and oxygen atoms in total. The van der Waals surface area contributed by atoms with Crippen LogP contribution in [0.2, 0.25) is 0 Å². The highest BCUT2D eigenvalue weighted by Crippen LogP contribution is 2.44. The number of hydrogen-bond donors (Lipinski definition) is 2. The van der Waals surface area contributed by atoms with Gasteiger partial charge < -0.3 is 0 Å². The van der Waals surface area contributed by atoms with Gasteiger partial charge in [0.05, 0.1) is 9.85 Å². The quantitative estimate of drug-likeness (QED) is 0.261. The molecule has 28 heavy (non-hydrogen) atoms. The van der Waals surface area contributed by atoms with Crippen LogP contribution in [0.25, 0.3) is 0 Å². The minimum atomic E-state index is -4.85. The van der Waals surface area contributed by atoms with E-state index in [1.807, 2.05) is 0 Å². The summed E-state index contributed by atoms with van der Waals surface area (Å²) in [6.07, 6.45) is 0. The van der Waals surface area contributed by atoms with Crippen LogP contribution in [0.15, 0.2) is 56.0 Å². The number of benzene rings is 2. The van der Waals surface area contributed by atoms with Crippen molar-refractivity contribution >= 4 is 53.2 Å². The van der Waals surface area contributed by atoms with Crippen molar-refractivity contribution in [2.75, 3.05) is 0 Å². The fourth-order valence-electron chi connectivity index (χ4n) is 1.85. The average Bonchev–Trinajstić information content (AvgIpc) is 2.57. The maximum atomic E-state index is 11.5. The predicted molar refractivity (Wildman–Crippen MR) is 97.5 cm³/mol. The Balaban J connectivity index is 2.47. The van der Waals surface area contributed by atoms with Crippen LogP contribution in [0.1, 0.15) is 0 Å². The van der Waals surface area contributed by atoms with Crippen LogP contribution in [0.4, 0.5) is 11.4 Å². The topological polar surface area (TPSA) is 195 Å². The third-order valence-electron chi connectivity index (χ3n) is 3.05. The van der Waals surface area contributed by atoms with E-state index in [2.05, 4.69) is 0 Å². The number of nitro benzene ring substituents is 2. The third-order valence-corrected chi connectivity index (χ3v) is 7.58. The molecule has 0 unspecified atom stereocenters. The van der Waals surface area contributed by atoms with Crippen molar-refractivity contribution < 1.29 is 35.8 Å². The molecule has 0 heterocycles. The first kappa shape index (κ1) is 22.1. The Morgan fingerprint density at radius 3 is 1.29 bits per heavy atom. The highest BCUT2D eigenvalue weighted by molar-refractivity contribution is 8.76. The van der Waals surface area contributed by atoms with Gasteiger partial charge in [0.15, 0.2) is 0 Å². The molecule has 0 radical (unpaired) electrons. The lowest BCUT2D eigenvalue weighted by atomic mass is 10.3. The van der Waals surface area contributed by atoms with Crippen LogP contribution in [0.3, 0.4) is 0 Å².